The summed E-state index contributed by atoms with van der Waals surface area (Å²) in [5.41, 5.74) is 9.51. The van der Waals surface area contributed by atoms with Crippen molar-refractivity contribution in [3.05, 3.63) is 28.8 Å². The molecule has 4 nitrogen and oxygen atoms in total. The fourth-order valence-corrected chi connectivity index (χ4v) is 3.60. The number of hydrogen-bond donors (Lipinski definition) is 1. The van der Waals surface area contributed by atoms with E-state index in [-0.39, 0.29) is 5.91 Å². The van der Waals surface area contributed by atoms with Crippen LogP contribution in [0.5, 0.6) is 0 Å². The van der Waals surface area contributed by atoms with E-state index in [1.807, 2.05) is 30.9 Å². The quantitative estimate of drug-likeness (QED) is 0.848. The van der Waals surface area contributed by atoms with Gasteiger partial charge >= 0.3 is 0 Å². The fourth-order valence-electron chi connectivity index (χ4n) is 3.60. The Kier molecular flexibility index (Phi) is 3.89. The molecular formula is C17H25N3O. The van der Waals surface area contributed by atoms with Crippen molar-refractivity contribution in [2.24, 2.45) is 0 Å². The highest BCUT2D eigenvalue weighted by atomic mass is 16.2. The molecule has 0 aromatic heterocycles. The van der Waals surface area contributed by atoms with Crippen LogP contribution in [0.3, 0.4) is 0 Å². The van der Waals surface area contributed by atoms with Crippen LogP contribution >= 0.6 is 0 Å². The number of amides is 1. The van der Waals surface area contributed by atoms with E-state index in [2.05, 4.69) is 4.90 Å². The third-order valence-electron chi connectivity index (χ3n) is 4.95. The zero-order chi connectivity index (χ0) is 15.0. The normalized spacial score (nSPS) is 23.0. The second kappa shape index (κ2) is 5.68. The first-order chi connectivity index (χ1) is 10.1. The first kappa shape index (κ1) is 14.4. The second-order valence-corrected chi connectivity index (χ2v) is 6.46. The van der Waals surface area contributed by atoms with Gasteiger partial charge in [-0.3, -0.25) is 9.69 Å². The summed E-state index contributed by atoms with van der Waals surface area (Å²) in [6, 6.07) is 4.41. The van der Waals surface area contributed by atoms with Crippen LogP contribution in [0.25, 0.3) is 0 Å². The molecule has 4 heteroatoms. The Labute approximate surface area is 126 Å². The predicted octanol–water partition coefficient (Wildman–Crippen LogP) is 2.20. The molecule has 2 aliphatic heterocycles. The van der Waals surface area contributed by atoms with Gasteiger partial charge in [0.15, 0.2) is 0 Å². The predicted molar refractivity (Wildman–Crippen MR) is 85.4 cm³/mol. The molecule has 0 bridgehead atoms. The number of benzene rings is 1. The molecule has 1 aromatic rings. The van der Waals surface area contributed by atoms with Crippen LogP contribution in [0.1, 0.15) is 40.7 Å². The average Bonchev–Trinajstić information content (AvgIpc) is 3.11. The summed E-state index contributed by atoms with van der Waals surface area (Å²) in [7, 11) is 0. The number of anilines is 1. The van der Waals surface area contributed by atoms with Crippen LogP contribution < -0.4 is 5.73 Å². The lowest BCUT2D eigenvalue weighted by atomic mass is 10.0. The van der Waals surface area contributed by atoms with Gasteiger partial charge < -0.3 is 10.6 Å². The molecule has 0 aliphatic carbocycles. The van der Waals surface area contributed by atoms with Gasteiger partial charge in [0.25, 0.3) is 5.91 Å². The van der Waals surface area contributed by atoms with Gasteiger partial charge in [0.05, 0.1) is 0 Å². The van der Waals surface area contributed by atoms with E-state index in [4.69, 9.17) is 5.73 Å². The summed E-state index contributed by atoms with van der Waals surface area (Å²) in [4.78, 5) is 17.3. The molecule has 1 aromatic carbocycles. The first-order valence-corrected chi connectivity index (χ1v) is 7.96. The number of nitrogen functional groups attached to an aromatic ring is 1. The largest absolute Gasteiger partial charge is 0.398 e. The van der Waals surface area contributed by atoms with Gasteiger partial charge in [-0.1, -0.05) is 6.07 Å². The highest BCUT2D eigenvalue weighted by Crippen LogP contribution is 2.24. The number of carbonyl (C=O) groups excluding carboxylic acids is 1. The van der Waals surface area contributed by atoms with Gasteiger partial charge in [-0.05, 0) is 63.4 Å². The molecule has 1 unspecified atom stereocenters. The Bertz CT molecular complexity index is 549. The molecule has 2 heterocycles. The molecule has 21 heavy (non-hydrogen) atoms. The summed E-state index contributed by atoms with van der Waals surface area (Å²) in [6.45, 7) is 8.11. The van der Waals surface area contributed by atoms with E-state index in [9.17, 15) is 4.79 Å². The van der Waals surface area contributed by atoms with Gasteiger partial charge in [-0.25, -0.2) is 0 Å². The summed E-state index contributed by atoms with van der Waals surface area (Å²) in [6.07, 6.45) is 3.71. The molecule has 1 amide bonds. The van der Waals surface area contributed by atoms with Crippen LogP contribution in [0, 0.1) is 13.8 Å². The molecule has 2 N–H and O–H groups in total. The molecule has 2 aliphatic rings. The Morgan fingerprint density at radius 3 is 2.57 bits per heavy atom. The number of nitrogens with two attached hydrogens (primary N) is 1. The van der Waals surface area contributed by atoms with Crippen molar-refractivity contribution in [2.75, 3.05) is 31.9 Å². The topological polar surface area (TPSA) is 49.6 Å². The molecule has 3 rings (SSSR count). The van der Waals surface area contributed by atoms with Crippen molar-refractivity contribution < 1.29 is 4.79 Å². The van der Waals surface area contributed by atoms with Crippen LogP contribution in [-0.2, 0) is 0 Å². The van der Waals surface area contributed by atoms with Crippen molar-refractivity contribution in [2.45, 2.75) is 39.2 Å². The van der Waals surface area contributed by atoms with Crippen LogP contribution in [0.15, 0.2) is 12.1 Å². The zero-order valence-corrected chi connectivity index (χ0v) is 13.1. The Hall–Kier alpha value is -1.55. The van der Waals surface area contributed by atoms with Crippen molar-refractivity contribution in [1.82, 2.24) is 9.80 Å². The maximum Gasteiger partial charge on any atom is 0.254 e. The SMILES string of the molecule is Cc1cc(C)c(C(=O)N2CCC(N3CCCC3)C2)cc1N. The number of likely N-dealkylation sites (tertiary alicyclic amines) is 2. The Morgan fingerprint density at radius 1 is 1.14 bits per heavy atom. The second-order valence-electron chi connectivity index (χ2n) is 6.46. The summed E-state index contributed by atoms with van der Waals surface area (Å²) < 4.78 is 0. The maximum atomic E-state index is 12.7. The zero-order valence-electron chi connectivity index (χ0n) is 13.1. The third-order valence-corrected chi connectivity index (χ3v) is 4.95. The molecule has 2 fully saturated rings. The van der Waals surface area contributed by atoms with Crippen molar-refractivity contribution in [3.8, 4) is 0 Å². The number of hydrogen-bond acceptors (Lipinski definition) is 3. The summed E-state index contributed by atoms with van der Waals surface area (Å²) >= 11 is 0. The van der Waals surface area contributed by atoms with E-state index in [1.165, 1.54) is 25.9 Å². The monoisotopic (exact) mass is 287 g/mol. The first-order valence-electron chi connectivity index (χ1n) is 7.96. The smallest absolute Gasteiger partial charge is 0.254 e. The third kappa shape index (κ3) is 2.77. The van der Waals surface area contributed by atoms with Gasteiger partial charge in [-0.2, -0.15) is 0 Å². The van der Waals surface area contributed by atoms with E-state index >= 15 is 0 Å². The standard InChI is InChI=1S/C17H25N3O/c1-12-9-13(2)16(18)10-15(12)17(21)20-8-5-14(11-20)19-6-3-4-7-19/h9-10,14H,3-8,11,18H2,1-2H3. The van der Waals surface area contributed by atoms with E-state index in [0.29, 0.717) is 11.7 Å². The van der Waals surface area contributed by atoms with Crippen molar-refractivity contribution in [1.29, 1.82) is 0 Å². The lowest BCUT2D eigenvalue weighted by Gasteiger charge is -2.24. The minimum absolute atomic E-state index is 0.140. The van der Waals surface area contributed by atoms with E-state index < -0.39 is 0 Å². The van der Waals surface area contributed by atoms with E-state index in [0.717, 1.165) is 36.2 Å². The molecule has 2 saturated heterocycles. The van der Waals surface area contributed by atoms with Gasteiger partial charge in [0, 0.05) is 30.4 Å². The fraction of sp³-hybridized carbons (Fsp3) is 0.588. The lowest BCUT2D eigenvalue weighted by Crippen LogP contribution is -2.37. The molecule has 0 radical (unpaired) electrons. The number of rotatable bonds is 2. The number of nitrogens with zero attached hydrogens (tertiary/aromatic N) is 2. The Morgan fingerprint density at radius 2 is 1.86 bits per heavy atom. The van der Waals surface area contributed by atoms with Gasteiger partial charge in [-0.15, -0.1) is 0 Å². The van der Waals surface area contributed by atoms with E-state index in [1.54, 1.807) is 0 Å². The molecule has 0 spiro atoms. The molecule has 1 atom stereocenters. The molecule has 0 saturated carbocycles. The molecular weight excluding hydrogens is 262 g/mol. The van der Waals surface area contributed by atoms with Crippen molar-refractivity contribution >= 4 is 11.6 Å². The van der Waals surface area contributed by atoms with Gasteiger partial charge in [0.1, 0.15) is 0 Å². The number of aryl methyl sites for hydroxylation is 2. The molecule has 114 valence electrons. The van der Waals surface area contributed by atoms with Crippen LogP contribution in [0.2, 0.25) is 0 Å². The summed E-state index contributed by atoms with van der Waals surface area (Å²) in [5, 5.41) is 0. The van der Waals surface area contributed by atoms with Crippen LogP contribution in [-0.4, -0.2) is 47.9 Å². The average molecular weight is 287 g/mol. The van der Waals surface area contributed by atoms with Crippen LogP contribution in [0.4, 0.5) is 5.69 Å². The maximum absolute atomic E-state index is 12.7. The number of carbonyl (C=O) groups is 1. The lowest BCUT2D eigenvalue weighted by molar-refractivity contribution is 0.0779. The minimum Gasteiger partial charge on any atom is -0.398 e. The highest BCUT2D eigenvalue weighted by molar-refractivity contribution is 5.97. The summed E-state index contributed by atoms with van der Waals surface area (Å²) in [5.74, 6) is 0.140. The minimum atomic E-state index is 0.140. The van der Waals surface area contributed by atoms with Crippen molar-refractivity contribution in [3.63, 3.8) is 0 Å². The Balaban J connectivity index is 1.73. The van der Waals surface area contributed by atoms with Gasteiger partial charge in [0.2, 0.25) is 0 Å². The highest BCUT2D eigenvalue weighted by Gasteiger charge is 2.32.